The number of rotatable bonds is 8. The molecule has 2 unspecified atom stereocenters. The topological polar surface area (TPSA) is 127 Å². The van der Waals surface area contributed by atoms with Gasteiger partial charge in [0.1, 0.15) is 11.7 Å². The number of esters is 1. The van der Waals surface area contributed by atoms with Crippen molar-refractivity contribution in [1.29, 1.82) is 5.26 Å². The SMILES string of the molecule is COC(=O)Cc1nn(C2(CC#N)CCN(Cc3ccc(-c4ccccc4)nc3F)CC2F)cc1C(N)=O. The summed E-state index contributed by atoms with van der Waals surface area (Å²) >= 11 is 0. The standard InChI is InChI=1S/C26H26F2N6O3/c1-37-23(35)13-21-19(25(30)36)15-34(32-21)26(9-11-29)10-12-33(16-22(26)27)14-18-7-8-20(31-24(18)28)17-5-3-2-4-6-17/h2-8,15,22H,9-10,12-14,16H2,1H3,(H2,30,36). The number of carbonyl (C=O) groups excluding carboxylic acids is 2. The molecule has 0 bridgehead atoms. The minimum atomic E-state index is -1.58. The number of pyridine rings is 1. The van der Waals surface area contributed by atoms with E-state index in [1.165, 1.54) is 18.0 Å². The van der Waals surface area contributed by atoms with E-state index in [9.17, 15) is 19.2 Å². The van der Waals surface area contributed by atoms with Crippen molar-refractivity contribution in [1.82, 2.24) is 19.7 Å². The van der Waals surface area contributed by atoms with E-state index in [2.05, 4.69) is 14.8 Å². The molecule has 0 radical (unpaired) electrons. The van der Waals surface area contributed by atoms with Crippen LogP contribution in [0.2, 0.25) is 0 Å². The van der Waals surface area contributed by atoms with Crippen molar-refractivity contribution in [3.63, 3.8) is 0 Å². The summed E-state index contributed by atoms with van der Waals surface area (Å²) in [6.07, 6.45) is -0.672. The van der Waals surface area contributed by atoms with Crippen LogP contribution in [0.25, 0.3) is 11.3 Å². The highest BCUT2D eigenvalue weighted by atomic mass is 19.1. The van der Waals surface area contributed by atoms with Crippen LogP contribution >= 0.6 is 0 Å². The molecule has 1 aliphatic rings. The van der Waals surface area contributed by atoms with E-state index in [0.29, 0.717) is 17.8 Å². The molecule has 1 amide bonds. The first-order valence-corrected chi connectivity index (χ1v) is 11.7. The molecule has 3 heterocycles. The number of hydrogen-bond donors (Lipinski definition) is 1. The molecule has 0 saturated carbocycles. The zero-order chi connectivity index (χ0) is 26.6. The van der Waals surface area contributed by atoms with Gasteiger partial charge in [0.2, 0.25) is 5.95 Å². The second-order valence-electron chi connectivity index (χ2n) is 8.95. The molecule has 0 spiro atoms. The van der Waals surface area contributed by atoms with Crippen LogP contribution in [0, 0.1) is 17.3 Å². The molecule has 1 aromatic carbocycles. The van der Waals surface area contributed by atoms with Gasteiger partial charge in [-0.2, -0.15) is 14.8 Å². The first-order chi connectivity index (χ1) is 17.8. The molecule has 2 N–H and O–H groups in total. The van der Waals surface area contributed by atoms with Gasteiger partial charge in [-0.05, 0) is 12.5 Å². The van der Waals surface area contributed by atoms with Crippen LogP contribution in [0.3, 0.4) is 0 Å². The molecule has 3 aromatic rings. The summed E-state index contributed by atoms with van der Waals surface area (Å²) in [7, 11) is 1.20. The molecule has 1 aliphatic heterocycles. The van der Waals surface area contributed by atoms with E-state index >= 15 is 4.39 Å². The minimum absolute atomic E-state index is 0.0380. The summed E-state index contributed by atoms with van der Waals surface area (Å²) in [4.78, 5) is 29.5. The maximum atomic E-state index is 15.8. The Kier molecular flexibility index (Phi) is 7.59. The third-order valence-corrected chi connectivity index (χ3v) is 6.69. The van der Waals surface area contributed by atoms with Crippen LogP contribution in [0.1, 0.15) is 34.5 Å². The normalized spacial score (nSPS) is 19.8. The number of nitrogens with two attached hydrogens (primary N) is 1. The quantitative estimate of drug-likeness (QED) is 0.366. The number of nitriles is 1. The van der Waals surface area contributed by atoms with Gasteiger partial charge in [0.15, 0.2) is 0 Å². The molecule has 11 heteroatoms. The van der Waals surface area contributed by atoms with E-state index in [0.717, 1.165) is 5.56 Å². The average molecular weight is 509 g/mol. The van der Waals surface area contributed by atoms with Gasteiger partial charge in [-0.3, -0.25) is 19.2 Å². The first kappa shape index (κ1) is 25.9. The van der Waals surface area contributed by atoms with Crippen LogP contribution in [-0.2, 0) is 28.0 Å². The van der Waals surface area contributed by atoms with Crippen LogP contribution in [0.5, 0.6) is 0 Å². The van der Waals surface area contributed by atoms with Crippen LogP contribution in [-0.4, -0.2) is 57.9 Å². The zero-order valence-electron chi connectivity index (χ0n) is 20.2. The van der Waals surface area contributed by atoms with Gasteiger partial charge < -0.3 is 10.5 Å². The number of likely N-dealkylation sites (tertiary alicyclic amines) is 1. The Bertz CT molecular complexity index is 1340. The lowest BCUT2D eigenvalue weighted by atomic mass is 9.83. The number of halogens is 2. The van der Waals surface area contributed by atoms with Crippen molar-refractivity contribution >= 4 is 11.9 Å². The van der Waals surface area contributed by atoms with Crippen molar-refractivity contribution in [2.24, 2.45) is 5.73 Å². The lowest BCUT2D eigenvalue weighted by Gasteiger charge is -2.43. The summed E-state index contributed by atoms with van der Waals surface area (Å²) in [5, 5.41) is 13.8. The second kappa shape index (κ2) is 10.8. The zero-order valence-corrected chi connectivity index (χ0v) is 20.2. The molecule has 2 atom stereocenters. The van der Waals surface area contributed by atoms with Gasteiger partial charge in [-0.25, -0.2) is 9.37 Å². The van der Waals surface area contributed by atoms with E-state index in [-0.39, 0.29) is 43.6 Å². The van der Waals surface area contributed by atoms with Gasteiger partial charge in [0.05, 0.1) is 43.0 Å². The lowest BCUT2D eigenvalue weighted by Crippen LogP contribution is -2.54. The van der Waals surface area contributed by atoms with E-state index in [4.69, 9.17) is 5.73 Å². The molecule has 2 aromatic heterocycles. The molecule has 9 nitrogen and oxygen atoms in total. The number of nitrogens with zero attached hydrogens (tertiary/aromatic N) is 5. The van der Waals surface area contributed by atoms with Gasteiger partial charge >= 0.3 is 5.97 Å². The highest BCUT2D eigenvalue weighted by Gasteiger charge is 2.46. The number of amides is 1. The smallest absolute Gasteiger partial charge is 0.311 e. The summed E-state index contributed by atoms with van der Waals surface area (Å²) in [5.41, 5.74) is 5.70. The molecule has 4 rings (SSSR count). The third-order valence-electron chi connectivity index (χ3n) is 6.69. The summed E-state index contributed by atoms with van der Waals surface area (Å²) in [5.74, 6) is -2.09. The molecular weight excluding hydrogens is 482 g/mol. The minimum Gasteiger partial charge on any atom is -0.469 e. The highest BCUT2D eigenvalue weighted by Crippen LogP contribution is 2.37. The molecule has 1 saturated heterocycles. The molecular formula is C26H26F2N6O3. The Hall–Kier alpha value is -4.17. The fourth-order valence-electron chi connectivity index (χ4n) is 4.59. The van der Waals surface area contributed by atoms with Crippen LogP contribution in [0.15, 0.2) is 48.7 Å². The number of hydrogen-bond acceptors (Lipinski definition) is 7. The lowest BCUT2D eigenvalue weighted by molar-refractivity contribution is -0.139. The number of benzene rings is 1. The van der Waals surface area contributed by atoms with Crippen molar-refractivity contribution < 1.29 is 23.1 Å². The van der Waals surface area contributed by atoms with Gasteiger partial charge in [0, 0.05) is 37.0 Å². The number of ether oxygens (including phenoxy) is 1. The van der Waals surface area contributed by atoms with Crippen molar-refractivity contribution in [3.8, 4) is 17.3 Å². The number of aromatic nitrogens is 3. The summed E-state index contributed by atoms with van der Waals surface area (Å²) in [6.45, 7) is 0.371. The fraction of sp³-hybridized carbons (Fsp3) is 0.346. The Morgan fingerprint density at radius 3 is 2.65 bits per heavy atom. The Labute approximate surface area is 212 Å². The van der Waals surface area contributed by atoms with E-state index < -0.39 is 29.5 Å². The van der Waals surface area contributed by atoms with Gasteiger partial charge in [-0.1, -0.05) is 36.4 Å². The van der Waals surface area contributed by atoms with E-state index in [1.54, 1.807) is 17.0 Å². The maximum absolute atomic E-state index is 15.8. The Balaban J connectivity index is 1.54. The highest BCUT2D eigenvalue weighted by molar-refractivity contribution is 5.94. The van der Waals surface area contributed by atoms with E-state index in [1.807, 2.05) is 36.4 Å². The van der Waals surface area contributed by atoms with Crippen LogP contribution < -0.4 is 5.73 Å². The molecule has 37 heavy (non-hydrogen) atoms. The third kappa shape index (κ3) is 5.34. The van der Waals surface area contributed by atoms with Crippen molar-refractivity contribution in [2.45, 2.75) is 37.5 Å². The predicted octanol–water partition coefficient (Wildman–Crippen LogP) is 2.75. The molecule has 192 valence electrons. The van der Waals surface area contributed by atoms with Gasteiger partial charge in [-0.15, -0.1) is 0 Å². The monoisotopic (exact) mass is 508 g/mol. The Morgan fingerprint density at radius 1 is 1.27 bits per heavy atom. The number of alkyl halides is 1. The fourth-order valence-corrected chi connectivity index (χ4v) is 4.59. The van der Waals surface area contributed by atoms with Crippen molar-refractivity contribution in [3.05, 3.63) is 71.4 Å². The molecule has 0 aliphatic carbocycles. The number of carbonyl (C=O) groups is 2. The predicted molar refractivity (Wildman–Crippen MR) is 129 cm³/mol. The number of piperidine rings is 1. The first-order valence-electron chi connectivity index (χ1n) is 11.7. The number of methoxy groups -OCH3 is 1. The van der Waals surface area contributed by atoms with Gasteiger partial charge in [0.25, 0.3) is 5.91 Å². The number of primary amides is 1. The van der Waals surface area contributed by atoms with Crippen molar-refractivity contribution in [2.75, 3.05) is 20.2 Å². The second-order valence-corrected chi connectivity index (χ2v) is 8.95. The summed E-state index contributed by atoms with van der Waals surface area (Å²) < 4.78 is 36.5. The average Bonchev–Trinajstić information content (AvgIpc) is 3.32. The maximum Gasteiger partial charge on any atom is 0.311 e. The summed E-state index contributed by atoms with van der Waals surface area (Å²) in [6, 6.07) is 14.6. The molecule has 1 fully saturated rings. The van der Waals surface area contributed by atoms with Crippen LogP contribution in [0.4, 0.5) is 8.78 Å². The Morgan fingerprint density at radius 2 is 2.03 bits per heavy atom. The largest absolute Gasteiger partial charge is 0.469 e.